The summed E-state index contributed by atoms with van der Waals surface area (Å²) in [6, 6.07) is 5.46. The van der Waals surface area contributed by atoms with E-state index in [1.807, 2.05) is 13.0 Å². The molecule has 8 heteroatoms. The van der Waals surface area contributed by atoms with E-state index in [1.165, 1.54) is 0 Å². The van der Waals surface area contributed by atoms with Crippen molar-refractivity contribution in [2.45, 2.75) is 32.2 Å². The molecule has 7 nitrogen and oxygen atoms in total. The van der Waals surface area contributed by atoms with Crippen LogP contribution in [0.3, 0.4) is 0 Å². The summed E-state index contributed by atoms with van der Waals surface area (Å²) in [5.41, 5.74) is 1.69. The zero-order valence-electron chi connectivity index (χ0n) is 13.5. The minimum atomic E-state index is -0.367. The number of halogens is 1. The topological polar surface area (TPSA) is 92.1 Å². The highest BCUT2D eigenvalue weighted by molar-refractivity contribution is 6.03. The number of hydrogen-bond donors (Lipinski definition) is 3. The van der Waals surface area contributed by atoms with Gasteiger partial charge in [-0.05, 0) is 50.0 Å². The van der Waals surface area contributed by atoms with E-state index >= 15 is 0 Å². The largest absolute Gasteiger partial charge is 0.506 e. The number of phenolic OH excluding ortho intramolecular Hbond substituents is 1. The van der Waals surface area contributed by atoms with Crippen LogP contribution in [0.25, 0.3) is 0 Å². The number of amides is 1. The number of aromatic nitrogens is 3. The van der Waals surface area contributed by atoms with Gasteiger partial charge < -0.3 is 15.7 Å². The molecule has 0 aliphatic carbocycles. The van der Waals surface area contributed by atoms with Crippen LogP contribution >= 0.6 is 12.4 Å². The van der Waals surface area contributed by atoms with Gasteiger partial charge in [0.05, 0.1) is 17.9 Å². The van der Waals surface area contributed by atoms with Crippen LogP contribution in [-0.2, 0) is 6.42 Å². The molecule has 2 aromatic rings. The first-order chi connectivity index (χ1) is 11.2. The zero-order valence-corrected chi connectivity index (χ0v) is 14.3. The van der Waals surface area contributed by atoms with Crippen molar-refractivity contribution in [3.05, 3.63) is 35.7 Å². The summed E-state index contributed by atoms with van der Waals surface area (Å²) >= 11 is 0. The van der Waals surface area contributed by atoms with Crippen molar-refractivity contribution in [2.75, 3.05) is 18.4 Å². The van der Waals surface area contributed by atoms with Gasteiger partial charge in [0.25, 0.3) is 5.91 Å². The number of aryl methyl sites for hydroxylation is 1. The van der Waals surface area contributed by atoms with Crippen molar-refractivity contribution in [1.29, 1.82) is 0 Å². The molecule has 1 amide bonds. The van der Waals surface area contributed by atoms with E-state index in [-0.39, 0.29) is 35.8 Å². The second-order valence-corrected chi connectivity index (χ2v) is 5.72. The zero-order chi connectivity index (χ0) is 16.2. The maximum Gasteiger partial charge on any atom is 0.277 e. The Kier molecular flexibility index (Phi) is 6.16. The van der Waals surface area contributed by atoms with E-state index < -0.39 is 0 Å². The van der Waals surface area contributed by atoms with Gasteiger partial charge in [-0.3, -0.25) is 4.79 Å². The summed E-state index contributed by atoms with van der Waals surface area (Å²) in [6.45, 7) is 3.91. The molecular formula is C16H22ClN5O2. The fraction of sp³-hybridized carbons (Fsp3) is 0.438. The van der Waals surface area contributed by atoms with Crippen LogP contribution in [0, 0.1) is 0 Å². The quantitative estimate of drug-likeness (QED) is 0.734. The summed E-state index contributed by atoms with van der Waals surface area (Å²) in [5, 5.41) is 23.9. The number of rotatable bonds is 4. The number of anilines is 1. The Morgan fingerprint density at radius 3 is 2.88 bits per heavy atom. The van der Waals surface area contributed by atoms with E-state index in [2.05, 4.69) is 20.9 Å². The van der Waals surface area contributed by atoms with Gasteiger partial charge >= 0.3 is 0 Å². The van der Waals surface area contributed by atoms with Crippen molar-refractivity contribution < 1.29 is 9.90 Å². The van der Waals surface area contributed by atoms with Gasteiger partial charge in [-0.25, -0.2) is 4.68 Å². The number of nitrogens with zero attached hydrogens (tertiary/aromatic N) is 3. The number of benzene rings is 1. The van der Waals surface area contributed by atoms with Gasteiger partial charge in [-0.15, -0.1) is 17.5 Å². The van der Waals surface area contributed by atoms with Gasteiger partial charge in [0.2, 0.25) is 0 Å². The van der Waals surface area contributed by atoms with Crippen LogP contribution in [0.4, 0.5) is 5.69 Å². The Hall–Kier alpha value is -2.12. The lowest BCUT2D eigenvalue weighted by Crippen LogP contribution is -2.29. The SMILES string of the molecule is CCc1ccc(O)c(NC(=O)c2cn(C3CCNCC3)nn2)c1.Cl. The Morgan fingerprint density at radius 2 is 2.17 bits per heavy atom. The molecule has 0 spiro atoms. The lowest BCUT2D eigenvalue weighted by molar-refractivity contribution is 0.102. The molecule has 0 radical (unpaired) electrons. The average Bonchev–Trinajstić information content (AvgIpc) is 3.08. The van der Waals surface area contributed by atoms with Crippen molar-refractivity contribution in [3.8, 4) is 5.75 Å². The Bertz CT molecular complexity index is 698. The average molecular weight is 352 g/mol. The number of nitrogens with one attached hydrogen (secondary N) is 2. The Morgan fingerprint density at radius 1 is 1.42 bits per heavy atom. The standard InChI is InChI=1S/C16H21N5O2.ClH/c1-2-11-3-4-15(22)13(9-11)18-16(23)14-10-21(20-19-14)12-5-7-17-8-6-12;/h3-4,9-10,12,17,22H,2,5-8H2,1H3,(H,18,23);1H. The van der Waals surface area contributed by atoms with E-state index in [1.54, 1.807) is 23.0 Å². The number of piperidine rings is 1. The van der Waals surface area contributed by atoms with Crippen LogP contribution in [0.2, 0.25) is 0 Å². The fourth-order valence-corrected chi connectivity index (χ4v) is 2.72. The molecular weight excluding hydrogens is 330 g/mol. The monoisotopic (exact) mass is 351 g/mol. The third-order valence-corrected chi connectivity index (χ3v) is 4.14. The first-order valence-electron chi connectivity index (χ1n) is 7.93. The molecule has 1 aliphatic rings. The first-order valence-corrected chi connectivity index (χ1v) is 7.93. The van der Waals surface area contributed by atoms with Gasteiger partial charge in [-0.2, -0.15) is 0 Å². The van der Waals surface area contributed by atoms with Gasteiger partial charge in [0, 0.05) is 0 Å². The lowest BCUT2D eigenvalue weighted by atomic mass is 10.1. The number of hydrogen-bond acceptors (Lipinski definition) is 5. The Labute approximate surface area is 146 Å². The highest BCUT2D eigenvalue weighted by Crippen LogP contribution is 2.25. The molecule has 0 unspecified atom stereocenters. The molecule has 1 fully saturated rings. The van der Waals surface area contributed by atoms with Crippen LogP contribution in [0.1, 0.15) is 41.9 Å². The summed E-state index contributed by atoms with van der Waals surface area (Å²) in [6.07, 6.45) is 4.45. The first kappa shape index (κ1) is 18.2. The highest BCUT2D eigenvalue weighted by Gasteiger charge is 2.19. The molecule has 130 valence electrons. The lowest BCUT2D eigenvalue weighted by Gasteiger charge is -2.22. The van der Waals surface area contributed by atoms with E-state index in [0.717, 1.165) is 37.9 Å². The highest BCUT2D eigenvalue weighted by atomic mass is 35.5. The normalized spacial score (nSPS) is 14.9. The second kappa shape index (κ2) is 8.12. The van der Waals surface area contributed by atoms with Crippen LogP contribution in [-0.4, -0.2) is 39.1 Å². The molecule has 1 saturated heterocycles. The van der Waals surface area contributed by atoms with Crippen molar-refractivity contribution in [3.63, 3.8) is 0 Å². The molecule has 1 aromatic heterocycles. The minimum absolute atomic E-state index is 0. The third kappa shape index (κ3) is 4.04. The molecule has 1 aliphatic heterocycles. The number of aromatic hydroxyl groups is 1. The van der Waals surface area contributed by atoms with E-state index in [4.69, 9.17) is 0 Å². The Balaban J connectivity index is 0.00000208. The number of phenols is 1. The van der Waals surface area contributed by atoms with Gasteiger partial charge in [0.1, 0.15) is 5.75 Å². The summed E-state index contributed by atoms with van der Waals surface area (Å²) in [5.74, 6) is -0.324. The molecule has 3 rings (SSSR count). The van der Waals surface area contributed by atoms with Gasteiger partial charge in [0.15, 0.2) is 5.69 Å². The van der Waals surface area contributed by atoms with Crippen LogP contribution in [0.15, 0.2) is 24.4 Å². The van der Waals surface area contributed by atoms with Crippen LogP contribution in [0.5, 0.6) is 5.75 Å². The minimum Gasteiger partial charge on any atom is -0.506 e. The summed E-state index contributed by atoms with van der Waals surface area (Å²) in [4.78, 5) is 12.3. The predicted molar refractivity (Wildman–Crippen MR) is 93.8 cm³/mol. The second-order valence-electron chi connectivity index (χ2n) is 5.72. The molecule has 0 bridgehead atoms. The smallest absolute Gasteiger partial charge is 0.277 e. The van der Waals surface area contributed by atoms with Crippen molar-refractivity contribution >= 4 is 24.0 Å². The molecule has 24 heavy (non-hydrogen) atoms. The van der Waals surface area contributed by atoms with Gasteiger partial charge in [-0.1, -0.05) is 18.2 Å². The fourth-order valence-electron chi connectivity index (χ4n) is 2.72. The maximum absolute atomic E-state index is 12.3. The molecule has 3 N–H and O–H groups in total. The number of carbonyl (C=O) groups excluding carboxylic acids is 1. The molecule has 2 heterocycles. The predicted octanol–water partition coefficient (Wildman–Crippen LogP) is 2.14. The van der Waals surface area contributed by atoms with Crippen molar-refractivity contribution in [1.82, 2.24) is 20.3 Å². The molecule has 0 atom stereocenters. The van der Waals surface area contributed by atoms with E-state index in [9.17, 15) is 9.90 Å². The third-order valence-electron chi connectivity index (χ3n) is 4.14. The number of carbonyl (C=O) groups is 1. The summed E-state index contributed by atoms with van der Waals surface area (Å²) < 4.78 is 1.76. The summed E-state index contributed by atoms with van der Waals surface area (Å²) in [7, 11) is 0. The maximum atomic E-state index is 12.3. The van der Waals surface area contributed by atoms with E-state index in [0.29, 0.717) is 5.69 Å². The van der Waals surface area contributed by atoms with Crippen LogP contribution < -0.4 is 10.6 Å². The molecule has 0 saturated carbocycles. The van der Waals surface area contributed by atoms with Crippen molar-refractivity contribution in [2.24, 2.45) is 0 Å². The molecule has 1 aromatic carbocycles.